The van der Waals surface area contributed by atoms with Crippen molar-refractivity contribution >= 4 is 27.3 Å². The standard InChI is InChI=1S/C14H18ClN3O3S/c1-10-5-4-8-18(11(10)9-19)22(20,21)14-13(15)16-12-6-2-3-7-17(12)14/h2-3,6-7,10-11,19H,4-5,8-9H2,1H3. The average Bonchev–Trinajstić information content (AvgIpc) is 2.83. The van der Waals surface area contributed by atoms with E-state index < -0.39 is 16.1 Å². The number of halogens is 1. The SMILES string of the molecule is CC1CCCN(S(=O)(=O)c2c(Cl)nc3ccccn23)C1CO. The van der Waals surface area contributed by atoms with Crippen LogP contribution in [0.2, 0.25) is 5.15 Å². The third-order valence-corrected chi connectivity index (χ3v) is 6.58. The Balaban J connectivity index is 2.14. The fourth-order valence-electron chi connectivity index (χ4n) is 3.07. The van der Waals surface area contributed by atoms with Crippen LogP contribution in [0.15, 0.2) is 29.4 Å². The Labute approximate surface area is 134 Å². The van der Waals surface area contributed by atoms with Gasteiger partial charge in [-0.25, -0.2) is 13.4 Å². The van der Waals surface area contributed by atoms with E-state index in [0.717, 1.165) is 12.8 Å². The van der Waals surface area contributed by atoms with Gasteiger partial charge in [-0.3, -0.25) is 4.40 Å². The van der Waals surface area contributed by atoms with E-state index in [9.17, 15) is 13.5 Å². The molecule has 2 aromatic rings. The molecule has 0 amide bonds. The molecular weight excluding hydrogens is 326 g/mol. The van der Waals surface area contributed by atoms with Gasteiger partial charge in [0.1, 0.15) is 5.65 Å². The second-order valence-electron chi connectivity index (χ2n) is 5.62. The maximum atomic E-state index is 13.1. The molecule has 22 heavy (non-hydrogen) atoms. The minimum absolute atomic E-state index is 0.0303. The van der Waals surface area contributed by atoms with Gasteiger partial charge in [-0.1, -0.05) is 24.6 Å². The lowest BCUT2D eigenvalue weighted by atomic mass is 9.93. The van der Waals surface area contributed by atoms with Crippen molar-refractivity contribution in [1.29, 1.82) is 0 Å². The number of hydrogen-bond donors (Lipinski definition) is 1. The molecule has 1 aliphatic rings. The first kappa shape index (κ1) is 15.7. The molecule has 3 heterocycles. The van der Waals surface area contributed by atoms with E-state index >= 15 is 0 Å². The molecule has 0 saturated carbocycles. The molecule has 3 rings (SSSR count). The lowest BCUT2D eigenvalue weighted by molar-refractivity contribution is 0.113. The summed E-state index contributed by atoms with van der Waals surface area (Å²) in [6.07, 6.45) is 3.30. The number of aliphatic hydroxyl groups is 1. The number of aromatic nitrogens is 2. The van der Waals surface area contributed by atoms with Crippen LogP contribution in [0.25, 0.3) is 5.65 Å². The molecule has 0 radical (unpaired) electrons. The molecule has 6 nitrogen and oxygen atoms in total. The van der Waals surface area contributed by atoms with E-state index in [1.165, 1.54) is 8.71 Å². The summed E-state index contributed by atoms with van der Waals surface area (Å²) >= 11 is 6.10. The van der Waals surface area contributed by atoms with Crippen molar-refractivity contribution < 1.29 is 13.5 Å². The minimum atomic E-state index is -3.83. The van der Waals surface area contributed by atoms with E-state index in [1.807, 2.05) is 6.92 Å². The summed E-state index contributed by atoms with van der Waals surface area (Å²) in [6.45, 7) is 2.14. The first-order valence-corrected chi connectivity index (χ1v) is 9.04. The highest BCUT2D eigenvalue weighted by atomic mass is 35.5. The Hall–Kier alpha value is -1.15. The normalized spacial score (nSPS) is 24.0. The van der Waals surface area contributed by atoms with Crippen molar-refractivity contribution in [3.05, 3.63) is 29.5 Å². The largest absolute Gasteiger partial charge is 0.395 e. The van der Waals surface area contributed by atoms with E-state index in [0.29, 0.717) is 12.2 Å². The molecular formula is C14H18ClN3O3S. The topological polar surface area (TPSA) is 74.9 Å². The molecule has 0 bridgehead atoms. The van der Waals surface area contributed by atoms with Crippen LogP contribution in [0.5, 0.6) is 0 Å². The molecule has 1 aliphatic heterocycles. The number of aliphatic hydroxyl groups excluding tert-OH is 1. The Kier molecular flexibility index (Phi) is 4.15. The molecule has 0 spiro atoms. The molecule has 1 fully saturated rings. The first-order valence-electron chi connectivity index (χ1n) is 7.22. The fraction of sp³-hybridized carbons (Fsp3) is 0.500. The molecule has 2 unspecified atom stereocenters. The summed E-state index contributed by atoms with van der Waals surface area (Å²) in [6, 6.07) is 4.78. The van der Waals surface area contributed by atoms with E-state index in [2.05, 4.69) is 4.98 Å². The van der Waals surface area contributed by atoms with Gasteiger partial charge in [-0.15, -0.1) is 0 Å². The van der Waals surface area contributed by atoms with Gasteiger partial charge in [-0.05, 0) is 30.9 Å². The van der Waals surface area contributed by atoms with Crippen molar-refractivity contribution in [3.63, 3.8) is 0 Å². The number of nitrogens with zero attached hydrogens (tertiary/aromatic N) is 3. The maximum Gasteiger partial charge on any atom is 0.262 e. The summed E-state index contributed by atoms with van der Waals surface area (Å²) in [7, 11) is -3.83. The third-order valence-electron chi connectivity index (χ3n) is 4.25. The molecule has 120 valence electrons. The zero-order valence-electron chi connectivity index (χ0n) is 12.2. The van der Waals surface area contributed by atoms with Crippen molar-refractivity contribution in [3.8, 4) is 0 Å². The van der Waals surface area contributed by atoms with Gasteiger partial charge in [0.05, 0.1) is 12.6 Å². The zero-order chi connectivity index (χ0) is 15.9. The minimum Gasteiger partial charge on any atom is -0.395 e. The predicted octanol–water partition coefficient (Wildman–Crippen LogP) is 1.77. The van der Waals surface area contributed by atoms with E-state index in [1.54, 1.807) is 24.4 Å². The smallest absolute Gasteiger partial charge is 0.262 e. The summed E-state index contributed by atoms with van der Waals surface area (Å²) in [5, 5.41) is 9.54. The Morgan fingerprint density at radius 1 is 1.45 bits per heavy atom. The molecule has 0 aliphatic carbocycles. The van der Waals surface area contributed by atoms with Crippen molar-refractivity contribution in [2.45, 2.75) is 30.8 Å². The Morgan fingerprint density at radius 3 is 2.95 bits per heavy atom. The quantitative estimate of drug-likeness (QED) is 0.921. The van der Waals surface area contributed by atoms with Crippen LogP contribution in [0.3, 0.4) is 0 Å². The summed E-state index contributed by atoms with van der Waals surface area (Å²) in [5.41, 5.74) is 0.483. The number of pyridine rings is 1. The van der Waals surface area contributed by atoms with Crippen LogP contribution < -0.4 is 0 Å². The van der Waals surface area contributed by atoms with Gasteiger partial charge in [0, 0.05) is 12.7 Å². The molecule has 1 N–H and O–H groups in total. The summed E-state index contributed by atoms with van der Waals surface area (Å²) in [4.78, 5) is 4.10. The number of imidazole rings is 1. The van der Waals surface area contributed by atoms with Crippen LogP contribution >= 0.6 is 11.6 Å². The number of fused-ring (bicyclic) bond motifs is 1. The van der Waals surface area contributed by atoms with Crippen LogP contribution in [0.4, 0.5) is 0 Å². The van der Waals surface area contributed by atoms with Crippen LogP contribution in [0.1, 0.15) is 19.8 Å². The number of piperidine rings is 1. The van der Waals surface area contributed by atoms with Crippen molar-refractivity contribution in [2.24, 2.45) is 5.92 Å². The van der Waals surface area contributed by atoms with Crippen LogP contribution in [-0.2, 0) is 10.0 Å². The van der Waals surface area contributed by atoms with Gasteiger partial charge < -0.3 is 5.11 Å². The first-order chi connectivity index (χ1) is 10.5. The highest BCUT2D eigenvalue weighted by Gasteiger charge is 2.39. The van der Waals surface area contributed by atoms with Crippen molar-refractivity contribution in [2.75, 3.05) is 13.2 Å². The van der Waals surface area contributed by atoms with Gasteiger partial charge >= 0.3 is 0 Å². The second kappa shape index (κ2) is 5.81. The summed E-state index contributed by atoms with van der Waals surface area (Å²) in [5.74, 6) is 0.103. The number of rotatable bonds is 3. The van der Waals surface area contributed by atoms with Crippen molar-refractivity contribution in [1.82, 2.24) is 13.7 Å². The Bertz CT molecular complexity index is 790. The molecule has 2 aromatic heterocycles. The monoisotopic (exact) mass is 343 g/mol. The third kappa shape index (κ3) is 2.42. The number of sulfonamides is 1. The highest BCUT2D eigenvalue weighted by molar-refractivity contribution is 7.89. The molecule has 0 aromatic carbocycles. The van der Waals surface area contributed by atoms with Gasteiger partial charge in [-0.2, -0.15) is 4.31 Å². The van der Waals surface area contributed by atoms with E-state index in [-0.39, 0.29) is 22.7 Å². The van der Waals surface area contributed by atoms with Gasteiger partial charge in [0.15, 0.2) is 10.2 Å². The van der Waals surface area contributed by atoms with Gasteiger partial charge in [0.25, 0.3) is 10.0 Å². The second-order valence-corrected chi connectivity index (χ2v) is 7.79. The lowest BCUT2D eigenvalue weighted by Gasteiger charge is -2.37. The van der Waals surface area contributed by atoms with Crippen LogP contribution in [-0.4, -0.2) is 46.4 Å². The molecule has 1 saturated heterocycles. The fourth-order valence-corrected chi connectivity index (χ4v) is 5.42. The highest BCUT2D eigenvalue weighted by Crippen LogP contribution is 2.32. The zero-order valence-corrected chi connectivity index (χ0v) is 13.8. The lowest BCUT2D eigenvalue weighted by Crippen LogP contribution is -2.49. The molecule has 2 atom stereocenters. The molecule has 8 heteroatoms. The van der Waals surface area contributed by atoms with E-state index in [4.69, 9.17) is 11.6 Å². The average molecular weight is 344 g/mol. The predicted molar refractivity (Wildman–Crippen MR) is 83.4 cm³/mol. The maximum absolute atomic E-state index is 13.1. The Morgan fingerprint density at radius 2 is 2.23 bits per heavy atom. The summed E-state index contributed by atoms with van der Waals surface area (Å²) < 4.78 is 29.0. The number of hydrogen-bond acceptors (Lipinski definition) is 4. The van der Waals surface area contributed by atoms with Gasteiger partial charge in [0.2, 0.25) is 0 Å². The van der Waals surface area contributed by atoms with Crippen LogP contribution in [0, 0.1) is 5.92 Å².